The third kappa shape index (κ3) is 6.18. The molecule has 0 radical (unpaired) electrons. The second-order valence-corrected chi connectivity index (χ2v) is 9.86. The van der Waals surface area contributed by atoms with Crippen molar-refractivity contribution in [1.82, 2.24) is 9.88 Å². The summed E-state index contributed by atoms with van der Waals surface area (Å²) >= 11 is 0. The number of fused-ring (bicyclic) bond motifs is 1. The van der Waals surface area contributed by atoms with Crippen LogP contribution < -0.4 is 4.74 Å². The average Bonchev–Trinajstić information content (AvgIpc) is 2.92. The quantitative estimate of drug-likeness (QED) is 0.393. The van der Waals surface area contributed by atoms with Crippen molar-refractivity contribution in [1.29, 1.82) is 0 Å². The average molecular weight is 481 g/mol. The second kappa shape index (κ2) is 11.9. The Balaban J connectivity index is 1.36. The first-order valence-electron chi connectivity index (χ1n) is 12.6. The van der Waals surface area contributed by atoms with E-state index in [0.29, 0.717) is 35.2 Å². The molecule has 1 aromatic heterocycles. The zero-order valence-electron chi connectivity index (χ0n) is 20.6. The number of aromatic nitrogens is 1. The first-order valence-corrected chi connectivity index (χ1v) is 12.6. The number of nitrogens with zero attached hydrogens (tertiary/aromatic N) is 2. The normalized spacial score (nSPS) is 16.9. The Bertz CT molecular complexity index is 1080. The molecule has 1 fully saturated rings. The predicted molar refractivity (Wildman–Crippen MR) is 137 cm³/mol. The van der Waals surface area contributed by atoms with Gasteiger partial charge in [-0.2, -0.15) is 0 Å². The van der Waals surface area contributed by atoms with E-state index in [2.05, 4.69) is 34.1 Å². The van der Waals surface area contributed by atoms with Gasteiger partial charge < -0.3 is 19.8 Å². The third-order valence-corrected chi connectivity index (χ3v) is 7.66. The summed E-state index contributed by atoms with van der Waals surface area (Å²) in [5.41, 5.74) is 2.87. The molecular weight excluding hydrogens is 443 g/mol. The van der Waals surface area contributed by atoms with Crippen LogP contribution in [0.5, 0.6) is 5.75 Å². The van der Waals surface area contributed by atoms with Crippen LogP contribution in [0.3, 0.4) is 0 Å². The van der Waals surface area contributed by atoms with Gasteiger partial charge in [0.1, 0.15) is 12.4 Å². The van der Waals surface area contributed by atoms with Crippen LogP contribution in [-0.4, -0.2) is 53.4 Å². The van der Waals surface area contributed by atoms with Crippen LogP contribution in [0, 0.1) is 5.41 Å². The molecule has 188 valence electrons. The molecule has 2 aromatic carbocycles. The topological polar surface area (TPSA) is 65.8 Å². The summed E-state index contributed by atoms with van der Waals surface area (Å²) in [5, 5.41) is 22.2. The fraction of sp³-hybridized carbons (Fsp3) is 0.483. The van der Waals surface area contributed by atoms with Crippen molar-refractivity contribution in [3.05, 3.63) is 71.4 Å². The Labute approximate surface area is 207 Å². The van der Waals surface area contributed by atoms with Crippen molar-refractivity contribution in [2.24, 2.45) is 5.41 Å². The molecule has 0 bridgehead atoms. The van der Waals surface area contributed by atoms with Crippen LogP contribution in [0.25, 0.3) is 10.9 Å². The minimum Gasteiger partial charge on any atom is -0.497 e. The Morgan fingerprint density at radius 2 is 1.91 bits per heavy atom. The maximum absolute atomic E-state index is 13.8. The molecule has 0 aliphatic carbocycles. The Hall–Kier alpha value is -2.54. The number of aliphatic hydroxyl groups excluding tert-OH is 2. The maximum atomic E-state index is 13.8. The van der Waals surface area contributed by atoms with Crippen molar-refractivity contribution < 1.29 is 19.3 Å². The van der Waals surface area contributed by atoms with Crippen molar-refractivity contribution in [3.8, 4) is 5.75 Å². The minimum absolute atomic E-state index is 0.110. The number of alkyl halides is 1. The standard InChI is InChI=1S/C29H37FN2O3/c1-35-24-9-10-26-25(18-24)28(23(19-30)20-31-26)27(34)11-12-29(21-33)13-16-32(17-14-29)15-5-8-22-6-3-2-4-7-22/h2-4,6-7,9-10,18,20,27,33-34H,5,8,11-17,19,21H2,1H3/t27-/m1/s1. The summed E-state index contributed by atoms with van der Waals surface area (Å²) in [6.07, 6.45) is 5.87. The summed E-state index contributed by atoms with van der Waals surface area (Å²) in [5.74, 6) is 0.648. The summed E-state index contributed by atoms with van der Waals surface area (Å²) in [6.45, 7) is 2.39. The van der Waals surface area contributed by atoms with Crippen molar-refractivity contribution >= 4 is 10.9 Å². The van der Waals surface area contributed by atoms with Gasteiger partial charge in [0.25, 0.3) is 0 Å². The van der Waals surface area contributed by atoms with Gasteiger partial charge in [-0.05, 0) is 92.9 Å². The Morgan fingerprint density at radius 1 is 1.14 bits per heavy atom. The van der Waals surface area contributed by atoms with E-state index in [1.807, 2.05) is 24.3 Å². The zero-order chi connectivity index (χ0) is 24.7. The van der Waals surface area contributed by atoms with Crippen molar-refractivity contribution in [2.45, 2.75) is 51.3 Å². The molecule has 1 aliphatic heterocycles. The van der Waals surface area contributed by atoms with Crippen LogP contribution in [0.4, 0.5) is 4.39 Å². The largest absolute Gasteiger partial charge is 0.497 e. The van der Waals surface area contributed by atoms with Gasteiger partial charge in [-0.1, -0.05) is 30.3 Å². The number of ether oxygens (including phenoxy) is 1. The van der Waals surface area contributed by atoms with Crippen LogP contribution >= 0.6 is 0 Å². The number of aryl methyl sites for hydroxylation is 1. The molecule has 0 unspecified atom stereocenters. The molecule has 5 nitrogen and oxygen atoms in total. The molecule has 2 N–H and O–H groups in total. The molecule has 1 atom stereocenters. The number of halogens is 1. The molecule has 35 heavy (non-hydrogen) atoms. The lowest BCUT2D eigenvalue weighted by atomic mass is 9.74. The maximum Gasteiger partial charge on any atom is 0.119 e. The second-order valence-electron chi connectivity index (χ2n) is 9.86. The first-order chi connectivity index (χ1) is 17.1. The highest BCUT2D eigenvalue weighted by Gasteiger charge is 2.34. The molecule has 0 saturated carbocycles. The molecule has 3 aromatic rings. The number of hydrogen-bond donors (Lipinski definition) is 2. The summed E-state index contributed by atoms with van der Waals surface area (Å²) in [4.78, 5) is 6.83. The van der Waals surface area contributed by atoms with E-state index < -0.39 is 12.8 Å². The lowest BCUT2D eigenvalue weighted by Crippen LogP contribution is -2.42. The first kappa shape index (κ1) is 25.5. The van der Waals surface area contributed by atoms with E-state index in [-0.39, 0.29) is 12.0 Å². The highest BCUT2D eigenvalue weighted by molar-refractivity contribution is 5.85. The number of benzene rings is 2. The molecule has 0 amide bonds. The number of pyridine rings is 1. The van der Waals surface area contributed by atoms with Gasteiger partial charge in [0.15, 0.2) is 0 Å². The molecule has 4 rings (SSSR count). The smallest absolute Gasteiger partial charge is 0.119 e. The number of likely N-dealkylation sites (tertiary alicyclic amines) is 1. The van der Waals surface area contributed by atoms with Gasteiger partial charge in [-0.15, -0.1) is 0 Å². The van der Waals surface area contributed by atoms with E-state index >= 15 is 0 Å². The zero-order valence-corrected chi connectivity index (χ0v) is 20.6. The van der Waals surface area contributed by atoms with E-state index in [4.69, 9.17) is 4.74 Å². The van der Waals surface area contributed by atoms with Crippen LogP contribution in [0.15, 0.2) is 54.7 Å². The number of rotatable bonds is 11. The van der Waals surface area contributed by atoms with Gasteiger partial charge in [0.05, 0.1) is 18.7 Å². The molecule has 6 heteroatoms. The van der Waals surface area contributed by atoms with Crippen LogP contribution in [-0.2, 0) is 13.1 Å². The number of methoxy groups -OCH3 is 1. The molecule has 1 saturated heterocycles. The van der Waals surface area contributed by atoms with E-state index in [1.165, 1.54) is 11.8 Å². The van der Waals surface area contributed by atoms with Gasteiger partial charge in [0, 0.05) is 23.8 Å². The highest BCUT2D eigenvalue weighted by Crippen LogP contribution is 2.40. The van der Waals surface area contributed by atoms with Gasteiger partial charge in [-0.3, -0.25) is 4.98 Å². The number of hydrogen-bond acceptors (Lipinski definition) is 5. The van der Waals surface area contributed by atoms with Crippen molar-refractivity contribution in [3.63, 3.8) is 0 Å². The van der Waals surface area contributed by atoms with Crippen molar-refractivity contribution in [2.75, 3.05) is 33.4 Å². The fourth-order valence-electron chi connectivity index (χ4n) is 5.34. The highest BCUT2D eigenvalue weighted by atomic mass is 19.1. The monoisotopic (exact) mass is 480 g/mol. The summed E-state index contributed by atoms with van der Waals surface area (Å²) in [6, 6.07) is 16.0. The fourth-order valence-corrected chi connectivity index (χ4v) is 5.34. The Morgan fingerprint density at radius 3 is 2.60 bits per heavy atom. The lowest BCUT2D eigenvalue weighted by Gasteiger charge is -2.41. The summed E-state index contributed by atoms with van der Waals surface area (Å²) < 4.78 is 19.2. The molecule has 0 spiro atoms. The third-order valence-electron chi connectivity index (χ3n) is 7.66. The van der Waals surface area contributed by atoms with E-state index in [0.717, 1.165) is 50.7 Å². The van der Waals surface area contributed by atoms with E-state index in [1.54, 1.807) is 7.11 Å². The van der Waals surface area contributed by atoms with Crippen LogP contribution in [0.2, 0.25) is 0 Å². The summed E-state index contributed by atoms with van der Waals surface area (Å²) in [7, 11) is 1.59. The van der Waals surface area contributed by atoms with Gasteiger partial charge >= 0.3 is 0 Å². The molecule has 1 aliphatic rings. The van der Waals surface area contributed by atoms with Crippen LogP contribution in [0.1, 0.15) is 54.9 Å². The number of aliphatic hydroxyl groups is 2. The molecular formula is C29H37FN2O3. The predicted octanol–water partition coefficient (Wildman–Crippen LogP) is 5.23. The minimum atomic E-state index is -0.828. The lowest BCUT2D eigenvalue weighted by molar-refractivity contribution is 0.0233. The Kier molecular flexibility index (Phi) is 8.71. The SMILES string of the molecule is COc1ccc2ncc(CF)c([C@H](O)CCC3(CO)CCN(CCCc4ccccc4)CC3)c2c1. The van der Waals surface area contributed by atoms with E-state index in [9.17, 15) is 14.6 Å². The van der Waals surface area contributed by atoms with Gasteiger partial charge in [0.2, 0.25) is 0 Å². The number of piperidine rings is 1. The van der Waals surface area contributed by atoms with Gasteiger partial charge in [-0.25, -0.2) is 4.39 Å². The molecule has 2 heterocycles.